The highest BCUT2D eigenvalue weighted by Gasteiger charge is 2.14. The second-order valence-electron chi connectivity index (χ2n) is 2.08. The standard InChI is InChI=1S/C7H6N2O2S.H4N2/c8-9-6-12(10,11)7-4-2-1-3-5-7;1-2/h1-6H;1-2H2. The van der Waals surface area contributed by atoms with Gasteiger partial charge in [-0.2, -0.15) is 4.79 Å². The highest BCUT2D eigenvalue weighted by molar-refractivity contribution is 8.04. The summed E-state index contributed by atoms with van der Waals surface area (Å²) in [6.07, 6.45) is 0. The Labute approximate surface area is 81.7 Å². The van der Waals surface area contributed by atoms with E-state index < -0.39 is 9.84 Å². The fraction of sp³-hybridized carbons (Fsp3) is 0. The van der Waals surface area contributed by atoms with Crippen LogP contribution in [0.25, 0.3) is 5.53 Å². The van der Waals surface area contributed by atoms with Crippen LogP contribution >= 0.6 is 0 Å². The molecule has 7 heteroatoms. The summed E-state index contributed by atoms with van der Waals surface area (Å²) in [6.45, 7) is 0. The minimum atomic E-state index is -3.55. The van der Waals surface area contributed by atoms with Crippen LogP contribution in [0.15, 0.2) is 35.2 Å². The summed E-state index contributed by atoms with van der Waals surface area (Å²) in [5.74, 6) is 8.00. The molecular formula is C7H10N4O2S. The normalized spacial score (nSPS) is 9.29. The van der Waals surface area contributed by atoms with Crippen LogP contribution in [-0.2, 0) is 9.84 Å². The fourth-order valence-electron chi connectivity index (χ4n) is 0.733. The lowest BCUT2D eigenvalue weighted by molar-refractivity contribution is 0.00754. The Morgan fingerprint density at radius 1 is 1.21 bits per heavy atom. The number of nitrogens with zero attached hydrogens (tertiary/aromatic N) is 2. The third-order valence-corrected chi connectivity index (χ3v) is 2.56. The average Bonchev–Trinajstić information content (AvgIpc) is 2.22. The number of rotatable bonds is 2. The van der Waals surface area contributed by atoms with Gasteiger partial charge in [-0.15, -0.1) is 0 Å². The Balaban J connectivity index is 0.000000791. The third kappa shape index (κ3) is 3.46. The van der Waals surface area contributed by atoms with Crippen LogP contribution in [-0.4, -0.2) is 18.8 Å². The van der Waals surface area contributed by atoms with Crippen molar-refractivity contribution in [3.8, 4) is 0 Å². The Bertz CT molecular complexity index is 409. The lowest BCUT2D eigenvalue weighted by atomic mass is 10.4. The van der Waals surface area contributed by atoms with Crippen molar-refractivity contribution in [3.05, 3.63) is 35.9 Å². The van der Waals surface area contributed by atoms with Gasteiger partial charge < -0.3 is 5.53 Å². The van der Waals surface area contributed by atoms with E-state index in [4.69, 9.17) is 5.53 Å². The lowest BCUT2D eigenvalue weighted by Crippen LogP contribution is -2.02. The molecule has 76 valence electrons. The molecule has 14 heavy (non-hydrogen) atoms. The second kappa shape index (κ2) is 6.01. The van der Waals surface area contributed by atoms with Crippen LogP contribution < -0.4 is 11.7 Å². The molecule has 0 bridgehead atoms. The molecule has 0 atom stereocenters. The summed E-state index contributed by atoms with van der Waals surface area (Å²) in [5, 5.41) is 0. The van der Waals surface area contributed by atoms with Gasteiger partial charge in [0.2, 0.25) is 0 Å². The van der Waals surface area contributed by atoms with E-state index in [9.17, 15) is 8.42 Å². The van der Waals surface area contributed by atoms with Gasteiger partial charge in [0.1, 0.15) is 0 Å². The highest BCUT2D eigenvalue weighted by Crippen LogP contribution is 2.06. The van der Waals surface area contributed by atoms with Crippen molar-refractivity contribution < 1.29 is 13.2 Å². The first kappa shape index (κ1) is 12.5. The SMILES string of the molecule is NN.[N-]=[N+]=CS(=O)(=O)c1ccccc1. The number of nitrogens with two attached hydrogens (primary N) is 2. The van der Waals surface area contributed by atoms with Crippen LogP contribution in [0, 0.1) is 0 Å². The first-order chi connectivity index (χ1) is 6.67. The molecule has 0 saturated heterocycles. The van der Waals surface area contributed by atoms with Crippen LogP contribution in [0.2, 0.25) is 0 Å². The van der Waals surface area contributed by atoms with Gasteiger partial charge in [-0.05, 0) is 12.1 Å². The van der Waals surface area contributed by atoms with Gasteiger partial charge in [0.15, 0.2) is 0 Å². The van der Waals surface area contributed by atoms with E-state index >= 15 is 0 Å². The van der Waals surface area contributed by atoms with Gasteiger partial charge >= 0.3 is 5.55 Å². The summed E-state index contributed by atoms with van der Waals surface area (Å²) >= 11 is 0. The minimum absolute atomic E-state index is 0.114. The van der Waals surface area contributed by atoms with E-state index in [1.807, 2.05) is 0 Å². The second-order valence-corrected chi connectivity index (χ2v) is 3.85. The number of hydrogen-bond acceptors (Lipinski definition) is 4. The molecule has 0 aliphatic carbocycles. The predicted octanol–water partition coefficient (Wildman–Crippen LogP) is -0.463. The molecule has 1 aromatic carbocycles. The summed E-state index contributed by atoms with van der Waals surface area (Å²) in [7, 11) is -3.55. The number of sulfone groups is 1. The summed E-state index contributed by atoms with van der Waals surface area (Å²) in [5.41, 5.74) is 8.56. The third-order valence-electron chi connectivity index (χ3n) is 1.26. The number of benzene rings is 1. The smallest absolute Gasteiger partial charge is 0.361 e. The molecule has 6 nitrogen and oxygen atoms in total. The molecule has 4 N–H and O–H groups in total. The molecule has 1 rings (SSSR count). The maximum atomic E-state index is 11.1. The fourth-order valence-corrected chi connectivity index (χ4v) is 1.52. The van der Waals surface area contributed by atoms with E-state index in [1.54, 1.807) is 18.2 Å². The zero-order valence-electron chi connectivity index (χ0n) is 7.24. The molecule has 0 amide bonds. The molecular weight excluding hydrogens is 204 g/mol. The molecule has 0 radical (unpaired) electrons. The zero-order chi connectivity index (χ0) is 11.0. The van der Waals surface area contributed by atoms with Crippen LogP contribution in [0.4, 0.5) is 0 Å². The van der Waals surface area contributed by atoms with Crippen molar-refractivity contribution >= 4 is 15.4 Å². The first-order valence-electron chi connectivity index (χ1n) is 3.48. The Hall–Kier alpha value is -1.53. The quantitative estimate of drug-likeness (QED) is 0.172. The van der Waals surface area contributed by atoms with Crippen molar-refractivity contribution in [3.63, 3.8) is 0 Å². The minimum Gasteiger partial charge on any atom is -0.361 e. The Morgan fingerprint density at radius 3 is 2.14 bits per heavy atom. The van der Waals surface area contributed by atoms with Gasteiger partial charge in [0.05, 0.1) is 4.90 Å². The van der Waals surface area contributed by atoms with Crippen LogP contribution in [0.1, 0.15) is 0 Å². The van der Waals surface area contributed by atoms with E-state index in [-0.39, 0.29) is 4.90 Å². The number of hydrazine groups is 1. The van der Waals surface area contributed by atoms with Crippen molar-refractivity contribution in [1.82, 2.24) is 0 Å². The van der Waals surface area contributed by atoms with Gasteiger partial charge in [0.25, 0.3) is 9.84 Å². The monoisotopic (exact) mass is 214 g/mol. The summed E-state index contributed by atoms with van der Waals surface area (Å²) < 4.78 is 22.2. The summed E-state index contributed by atoms with van der Waals surface area (Å²) in [6, 6.07) is 7.75. The van der Waals surface area contributed by atoms with Gasteiger partial charge in [0, 0.05) is 0 Å². The molecule has 0 aliphatic heterocycles. The summed E-state index contributed by atoms with van der Waals surface area (Å²) in [4.78, 5) is 2.58. The maximum Gasteiger partial charge on any atom is 0.374 e. The molecule has 0 saturated carbocycles. The maximum absolute atomic E-state index is 11.1. The van der Waals surface area contributed by atoms with Crippen LogP contribution in [0.3, 0.4) is 0 Å². The molecule has 0 aromatic heterocycles. The van der Waals surface area contributed by atoms with E-state index in [0.717, 1.165) is 0 Å². The van der Waals surface area contributed by atoms with Gasteiger partial charge in [-0.25, -0.2) is 8.42 Å². The van der Waals surface area contributed by atoms with Crippen molar-refractivity contribution in [2.24, 2.45) is 11.7 Å². The zero-order valence-corrected chi connectivity index (χ0v) is 8.05. The predicted molar refractivity (Wildman–Crippen MR) is 51.7 cm³/mol. The topological polar surface area (TPSA) is 123 Å². The average molecular weight is 214 g/mol. The van der Waals surface area contributed by atoms with Gasteiger partial charge in [-0.1, -0.05) is 18.2 Å². The van der Waals surface area contributed by atoms with Crippen LogP contribution in [0.5, 0.6) is 0 Å². The van der Waals surface area contributed by atoms with E-state index in [2.05, 4.69) is 16.5 Å². The lowest BCUT2D eigenvalue weighted by Gasteiger charge is -1.90. The molecule has 0 fully saturated rings. The van der Waals surface area contributed by atoms with Crippen molar-refractivity contribution in [2.75, 3.05) is 0 Å². The molecule has 0 spiro atoms. The molecule has 0 unspecified atom stereocenters. The van der Waals surface area contributed by atoms with Crippen molar-refractivity contribution in [2.45, 2.75) is 4.90 Å². The molecule has 0 aliphatic rings. The van der Waals surface area contributed by atoms with E-state index in [0.29, 0.717) is 5.55 Å². The first-order valence-corrected chi connectivity index (χ1v) is 5.02. The van der Waals surface area contributed by atoms with Crippen molar-refractivity contribution in [1.29, 1.82) is 0 Å². The Kier molecular flexibility index (Phi) is 5.35. The van der Waals surface area contributed by atoms with Gasteiger partial charge in [-0.3, -0.25) is 11.7 Å². The number of hydrogen-bond donors (Lipinski definition) is 2. The molecule has 1 aromatic rings. The Morgan fingerprint density at radius 2 is 1.71 bits per heavy atom. The largest absolute Gasteiger partial charge is 0.374 e. The molecule has 0 heterocycles. The highest BCUT2D eigenvalue weighted by atomic mass is 32.2. The van der Waals surface area contributed by atoms with E-state index in [1.165, 1.54) is 12.1 Å².